The molecule has 370 valence electrons. The second kappa shape index (κ2) is 27.4. The van der Waals surface area contributed by atoms with Gasteiger partial charge in [-0.3, -0.25) is 52.7 Å². The van der Waals surface area contributed by atoms with Crippen molar-refractivity contribution in [3.8, 4) is 0 Å². The van der Waals surface area contributed by atoms with E-state index in [9.17, 15) is 62.6 Å². The van der Waals surface area contributed by atoms with E-state index in [0.29, 0.717) is 12.1 Å². The van der Waals surface area contributed by atoms with Crippen LogP contribution in [-0.4, -0.2) is 147 Å². The van der Waals surface area contributed by atoms with Crippen LogP contribution in [0.4, 0.5) is 10.5 Å². The molecule has 0 bridgehead atoms. The van der Waals surface area contributed by atoms with Gasteiger partial charge in [0.25, 0.3) is 5.91 Å². The number of urea groups is 1. The van der Waals surface area contributed by atoms with Gasteiger partial charge in [-0.1, -0.05) is 59.2 Å². The van der Waals surface area contributed by atoms with E-state index >= 15 is 0 Å². The SMILES string of the molecule is CCCC(NC(=O)C1CC(CNC(=O)Nc2ccccc2)CN1C(=O)C(NC(=O)C(NC(=O)C(CCC(=O)O)NC(=O)C(CCC(=O)O)NC(C)=O)C(C)C)C(C)C)C(=O)C(=O)NCC(=O)O. The molecule has 7 unspecified atom stereocenters. The molecule has 2 rings (SSSR count). The Kier molecular flexibility index (Phi) is 22.9. The molecule has 0 aliphatic carbocycles. The lowest BCUT2D eigenvalue weighted by Gasteiger charge is -2.33. The first kappa shape index (κ1) is 56.0. The Morgan fingerprint density at radius 3 is 1.73 bits per heavy atom. The summed E-state index contributed by atoms with van der Waals surface area (Å²) in [7, 11) is 0. The van der Waals surface area contributed by atoms with Crippen molar-refractivity contribution in [2.45, 2.75) is 123 Å². The summed E-state index contributed by atoms with van der Waals surface area (Å²) < 4.78 is 0. The molecule has 1 aliphatic rings. The van der Waals surface area contributed by atoms with E-state index in [4.69, 9.17) is 10.2 Å². The van der Waals surface area contributed by atoms with Crippen molar-refractivity contribution in [2.24, 2.45) is 17.8 Å². The molecule has 1 aromatic rings. The third kappa shape index (κ3) is 19.1. The van der Waals surface area contributed by atoms with Crippen LogP contribution in [0.15, 0.2) is 30.3 Å². The lowest BCUT2D eigenvalue weighted by molar-refractivity contribution is -0.145. The normalized spacial score (nSPS) is 16.5. The molecular formula is C43H63N9O15. The van der Waals surface area contributed by atoms with Gasteiger partial charge >= 0.3 is 23.9 Å². The van der Waals surface area contributed by atoms with Gasteiger partial charge in [0.15, 0.2) is 0 Å². The number of amides is 9. The fourth-order valence-electron chi connectivity index (χ4n) is 7.04. The van der Waals surface area contributed by atoms with Crippen molar-refractivity contribution >= 4 is 76.8 Å². The number of hydrogen-bond acceptors (Lipinski definition) is 12. The largest absolute Gasteiger partial charge is 0.481 e. The molecule has 67 heavy (non-hydrogen) atoms. The number of aliphatic carboxylic acids is 3. The smallest absolute Gasteiger partial charge is 0.322 e. The quantitative estimate of drug-likeness (QED) is 0.0475. The van der Waals surface area contributed by atoms with Gasteiger partial charge in [0.2, 0.25) is 41.2 Å². The molecule has 1 heterocycles. The van der Waals surface area contributed by atoms with Crippen molar-refractivity contribution in [2.75, 3.05) is 25.0 Å². The number of hydrogen-bond donors (Lipinski definition) is 11. The summed E-state index contributed by atoms with van der Waals surface area (Å²) in [5.74, 6) is -13.4. The Morgan fingerprint density at radius 2 is 1.21 bits per heavy atom. The summed E-state index contributed by atoms with van der Waals surface area (Å²) in [6.45, 7) is 8.06. The van der Waals surface area contributed by atoms with Crippen LogP contribution in [0.2, 0.25) is 0 Å². The Bertz CT molecular complexity index is 1980. The zero-order chi connectivity index (χ0) is 50.5. The Balaban J connectivity index is 2.42. The highest BCUT2D eigenvalue weighted by Crippen LogP contribution is 2.26. The second-order valence-electron chi connectivity index (χ2n) is 16.7. The van der Waals surface area contributed by atoms with Gasteiger partial charge in [-0.15, -0.1) is 0 Å². The zero-order valence-corrected chi connectivity index (χ0v) is 38.3. The maximum absolute atomic E-state index is 14.6. The number of ketones is 1. The third-order valence-electron chi connectivity index (χ3n) is 10.5. The summed E-state index contributed by atoms with van der Waals surface area (Å²) >= 11 is 0. The first-order valence-electron chi connectivity index (χ1n) is 21.8. The number of carboxylic acid groups (broad SMARTS) is 3. The van der Waals surface area contributed by atoms with Gasteiger partial charge in [0.1, 0.15) is 36.8 Å². The van der Waals surface area contributed by atoms with E-state index in [1.807, 2.05) is 5.32 Å². The molecule has 11 N–H and O–H groups in total. The van der Waals surface area contributed by atoms with Crippen LogP contribution in [0.25, 0.3) is 0 Å². The lowest BCUT2D eigenvalue weighted by Crippen LogP contribution is -2.61. The Labute approximate surface area is 386 Å². The van der Waals surface area contributed by atoms with E-state index < -0.39 is 151 Å². The van der Waals surface area contributed by atoms with E-state index in [2.05, 4.69) is 37.2 Å². The molecule has 24 nitrogen and oxygen atoms in total. The van der Waals surface area contributed by atoms with Crippen LogP contribution in [0.5, 0.6) is 0 Å². The number of benzene rings is 1. The highest BCUT2D eigenvalue weighted by atomic mass is 16.4. The summed E-state index contributed by atoms with van der Waals surface area (Å²) in [4.78, 5) is 155. The molecule has 1 aromatic carbocycles. The molecule has 0 spiro atoms. The molecule has 24 heteroatoms. The molecule has 1 saturated heterocycles. The van der Waals surface area contributed by atoms with Crippen molar-refractivity contribution in [1.29, 1.82) is 0 Å². The number of rotatable bonds is 27. The predicted molar refractivity (Wildman–Crippen MR) is 236 cm³/mol. The fourth-order valence-corrected chi connectivity index (χ4v) is 7.04. The molecule has 9 amide bonds. The van der Waals surface area contributed by atoms with E-state index in [0.717, 1.165) is 6.92 Å². The van der Waals surface area contributed by atoms with Crippen LogP contribution in [0.3, 0.4) is 0 Å². The molecule has 7 atom stereocenters. The molecule has 0 aromatic heterocycles. The van der Waals surface area contributed by atoms with E-state index in [1.165, 1.54) is 4.90 Å². The fraction of sp³-hybridized carbons (Fsp3) is 0.581. The minimum absolute atomic E-state index is 0.0230. The van der Waals surface area contributed by atoms with Crippen LogP contribution < -0.4 is 42.5 Å². The summed E-state index contributed by atoms with van der Waals surface area (Å²) in [5.41, 5.74) is 0.495. The monoisotopic (exact) mass is 945 g/mol. The first-order chi connectivity index (χ1) is 31.4. The van der Waals surface area contributed by atoms with E-state index in [1.54, 1.807) is 65.0 Å². The summed E-state index contributed by atoms with van der Waals surface area (Å²) in [6.07, 6.45) is -1.75. The average Bonchev–Trinajstić information content (AvgIpc) is 3.69. The van der Waals surface area contributed by atoms with Gasteiger partial charge in [0.05, 0.1) is 6.04 Å². The van der Waals surface area contributed by atoms with Crippen LogP contribution >= 0.6 is 0 Å². The van der Waals surface area contributed by atoms with Crippen LogP contribution in [0.1, 0.15) is 86.5 Å². The van der Waals surface area contributed by atoms with Gasteiger partial charge in [-0.05, 0) is 55.6 Å². The first-order valence-corrected chi connectivity index (χ1v) is 21.8. The highest BCUT2D eigenvalue weighted by molar-refractivity contribution is 6.38. The number of carboxylic acids is 3. The highest BCUT2D eigenvalue weighted by Gasteiger charge is 2.44. The zero-order valence-electron chi connectivity index (χ0n) is 38.3. The maximum Gasteiger partial charge on any atom is 0.322 e. The molecule has 0 radical (unpaired) electrons. The molecule has 0 saturated carbocycles. The second-order valence-corrected chi connectivity index (χ2v) is 16.7. The molecular weight excluding hydrogens is 883 g/mol. The van der Waals surface area contributed by atoms with E-state index in [-0.39, 0.29) is 32.4 Å². The Morgan fingerprint density at radius 1 is 0.657 bits per heavy atom. The third-order valence-corrected chi connectivity index (χ3v) is 10.5. The van der Waals surface area contributed by atoms with Gasteiger partial charge in [-0.25, -0.2) is 4.79 Å². The van der Waals surface area contributed by atoms with Gasteiger partial charge < -0.3 is 62.8 Å². The standard InChI is InChI=1S/C43H63N9O15/c1-7-11-27(36(60)41(65)44-20-33(58)59)48-39(63)30-18-25(19-45-43(67)47-26-12-9-8-10-13-26)21-52(30)42(66)35(23(4)5)51-40(64)34(22(2)3)50-38(62)29(15-17-32(56)57)49-37(61)28(46-24(6)53)14-16-31(54)55/h8-10,12-13,22-23,25,27-30,34-35H,7,11,14-21H2,1-6H3,(H,44,65)(H,46,53)(H,48,63)(H,49,61)(H,50,62)(H,51,64)(H,54,55)(H,56,57)(H,58,59)(H2,45,47,67). The predicted octanol–water partition coefficient (Wildman–Crippen LogP) is -0.919. The van der Waals surface area contributed by atoms with Crippen molar-refractivity contribution in [3.63, 3.8) is 0 Å². The lowest BCUT2D eigenvalue weighted by atomic mass is 9.98. The molecule has 1 aliphatic heterocycles. The van der Waals surface area contributed by atoms with Crippen LogP contribution in [0, 0.1) is 17.8 Å². The number of para-hydroxylation sites is 1. The van der Waals surface area contributed by atoms with Crippen molar-refractivity contribution in [1.82, 2.24) is 42.1 Å². The number of anilines is 1. The minimum Gasteiger partial charge on any atom is -0.481 e. The summed E-state index contributed by atoms with van der Waals surface area (Å²) in [5, 5.41) is 47.1. The van der Waals surface area contributed by atoms with Crippen molar-refractivity contribution in [3.05, 3.63) is 30.3 Å². The van der Waals surface area contributed by atoms with Crippen LogP contribution in [-0.2, 0) is 52.7 Å². The summed E-state index contributed by atoms with van der Waals surface area (Å²) in [6, 6.07) is -0.541. The number of carbonyl (C=O) groups excluding carboxylic acids is 9. The number of Topliss-reactive ketones (excluding diaryl/α,β-unsaturated/α-hetero) is 1. The topological polar surface area (TPSA) is 365 Å². The minimum atomic E-state index is -1.59. The van der Waals surface area contributed by atoms with Gasteiger partial charge in [-0.2, -0.15) is 0 Å². The van der Waals surface area contributed by atoms with Crippen molar-refractivity contribution < 1.29 is 72.9 Å². The molecule has 1 fully saturated rings. The average molecular weight is 946 g/mol. The Hall–Kier alpha value is -7.14. The van der Waals surface area contributed by atoms with Gasteiger partial charge in [0, 0.05) is 38.5 Å². The number of nitrogens with zero attached hydrogens (tertiary/aromatic N) is 1. The number of nitrogens with one attached hydrogen (secondary N) is 8. The number of likely N-dealkylation sites (tertiary alicyclic amines) is 1. The maximum atomic E-state index is 14.6. The number of carbonyl (C=O) groups is 12.